The summed E-state index contributed by atoms with van der Waals surface area (Å²) in [5, 5.41) is 0. The lowest BCUT2D eigenvalue weighted by Gasteiger charge is -2.20. The Labute approximate surface area is 79.2 Å². The Kier molecular flexibility index (Phi) is 4.24. The molecular weight excluding hydrogens is 163 g/mol. The third kappa shape index (κ3) is 3.88. The van der Waals surface area contributed by atoms with E-state index in [1.54, 1.807) is 6.08 Å². The first-order valence-electron chi connectivity index (χ1n) is 4.66. The molecule has 1 heteroatoms. The Morgan fingerprint density at radius 3 is 2.62 bits per heavy atom. The fourth-order valence-electron chi connectivity index (χ4n) is 1.17. The maximum absolute atomic E-state index is 12.7. The quantitative estimate of drug-likeness (QED) is 0.572. The van der Waals surface area contributed by atoms with E-state index in [2.05, 4.69) is 12.7 Å². The molecule has 0 atom stereocenters. The molecule has 0 unspecified atom stereocenters. The summed E-state index contributed by atoms with van der Waals surface area (Å²) in [4.78, 5) is 0. The van der Waals surface area contributed by atoms with Gasteiger partial charge >= 0.3 is 0 Å². The van der Waals surface area contributed by atoms with Crippen LogP contribution >= 0.6 is 0 Å². The summed E-state index contributed by atoms with van der Waals surface area (Å²) in [6.07, 6.45) is 13.9. The Bertz CT molecular complexity index is 242. The topological polar surface area (TPSA) is 0 Å². The zero-order chi connectivity index (χ0) is 9.52. The van der Waals surface area contributed by atoms with E-state index in [0.29, 0.717) is 0 Å². The van der Waals surface area contributed by atoms with E-state index in [1.165, 1.54) is 37.5 Å². The van der Waals surface area contributed by atoms with Crippen LogP contribution < -0.4 is 0 Å². The van der Waals surface area contributed by atoms with Crippen LogP contribution in [0.15, 0.2) is 48.9 Å². The molecule has 0 spiro atoms. The molecule has 0 amide bonds. The van der Waals surface area contributed by atoms with Crippen molar-refractivity contribution in [3.63, 3.8) is 0 Å². The summed E-state index contributed by atoms with van der Waals surface area (Å²) in [5.74, 6) is 0.476. The van der Waals surface area contributed by atoms with Gasteiger partial charge in [-0.1, -0.05) is 37.3 Å². The molecule has 0 aromatic carbocycles. The van der Waals surface area contributed by atoms with E-state index >= 15 is 0 Å². The predicted octanol–water partition coefficient (Wildman–Crippen LogP) is 3.94. The predicted molar refractivity (Wildman–Crippen MR) is 55.0 cm³/mol. The maximum Gasteiger partial charge on any atom is 0.123 e. The smallest absolute Gasteiger partial charge is 0.123 e. The zero-order valence-electron chi connectivity index (χ0n) is 7.75. The second-order valence-corrected chi connectivity index (χ2v) is 3.22. The van der Waals surface area contributed by atoms with Crippen LogP contribution in [0.1, 0.15) is 19.3 Å². The highest BCUT2D eigenvalue weighted by atomic mass is 19.1. The molecule has 70 valence electrons. The van der Waals surface area contributed by atoms with Crippen molar-refractivity contribution in [3.8, 4) is 0 Å². The lowest BCUT2D eigenvalue weighted by molar-refractivity contribution is 0.388. The standard InChI is InChI=1S/C12H15F/c1-2-6-12(13)10-4-3-7-11-8-5-9-11/h2-4,6-7,10-11H,1,5,8-9H2/b7-3-,10-4-,12-6+. The van der Waals surface area contributed by atoms with Crippen molar-refractivity contribution in [2.45, 2.75) is 19.3 Å². The average Bonchev–Trinajstić information content (AvgIpc) is 2.01. The Morgan fingerprint density at radius 2 is 2.08 bits per heavy atom. The highest BCUT2D eigenvalue weighted by molar-refractivity contribution is 5.20. The van der Waals surface area contributed by atoms with Gasteiger partial charge in [0.15, 0.2) is 0 Å². The van der Waals surface area contributed by atoms with Gasteiger partial charge < -0.3 is 0 Å². The molecule has 0 bridgehead atoms. The molecule has 0 heterocycles. The van der Waals surface area contributed by atoms with Gasteiger partial charge in [0.25, 0.3) is 0 Å². The van der Waals surface area contributed by atoms with Gasteiger partial charge in [0, 0.05) is 0 Å². The normalized spacial score (nSPS) is 19.6. The van der Waals surface area contributed by atoms with Crippen molar-refractivity contribution in [1.29, 1.82) is 0 Å². The first-order chi connectivity index (χ1) is 6.33. The van der Waals surface area contributed by atoms with Gasteiger partial charge in [0.2, 0.25) is 0 Å². The molecule has 0 aromatic heterocycles. The van der Waals surface area contributed by atoms with Gasteiger partial charge in [-0.05, 0) is 30.9 Å². The number of rotatable bonds is 4. The number of hydrogen-bond acceptors (Lipinski definition) is 0. The summed E-state index contributed by atoms with van der Waals surface area (Å²) in [6, 6.07) is 0. The molecule has 1 saturated carbocycles. The van der Waals surface area contributed by atoms with Crippen LogP contribution in [-0.2, 0) is 0 Å². The minimum Gasteiger partial charge on any atom is -0.207 e. The van der Waals surface area contributed by atoms with Crippen LogP contribution in [0, 0.1) is 5.92 Å². The molecule has 0 saturated heterocycles. The fourth-order valence-corrected chi connectivity index (χ4v) is 1.17. The van der Waals surface area contributed by atoms with Gasteiger partial charge in [-0.2, -0.15) is 0 Å². The zero-order valence-corrected chi connectivity index (χ0v) is 7.75. The minimum absolute atomic E-state index is 0.256. The van der Waals surface area contributed by atoms with Crippen molar-refractivity contribution in [3.05, 3.63) is 48.9 Å². The largest absolute Gasteiger partial charge is 0.207 e. The van der Waals surface area contributed by atoms with Crippen LogP contribution in [0.3, 0.4) is 0 Å². The van der Waals surface area contributed by atoms with E-state index in [4.69, 9.17) is 0 Å². The maximum atomic E-state index is 12.7. The van der Waals surface area contributed by atoms with Gasteiger partial charge in [-0.15, -0.1) is 0 Å². The lowest BCUT2D eigenvalue weighted by atomic mass is 9.85. The highest BCUT2D eigenvalue weighted by Crippen LogP contribution is 2.27. The summed E-state index contributed by atoms with van der Waals surface area (Å²) in [6.45, 7) is 3.41. The molecule has 0 N–H and O–H groups in total. The Balaban J connectivity index is 2.26. The van der Waals surface area contributed by atoms with Crippen molar-refractivity contribution in [1.82, 2.24) is 0 Å². The molecule has 0 aliphatic heterocycles. The average molecular weight is 178 g/mol. The van der Waals surface area contributed by atoms with Crippen molar-refractivity contribution >= 4 is 0 Å². The van der Waals surface area contributed by atoms with Crippen LogP contribution in [-0.4, -0.2) is 0 Å². The van der Waals surface area contributed by atoms with Gasteiger partial charge in [-0.3, -0.25) is 0 Å². The van der Waals surface area contributed by atoms with Gasteiger partial charge in [-0.25, -0.2) is 4.39 Å². The lowest BCUT2D eigenvalue weighted by Crippen LogP contribution is -2.06. The van der Waals surface area contributed by atoms with Crippen LogP contribution in [0.4, 0.5) is 4.39 Å². The SMILES string of the molecule is C=C\C=C(F)/C=C\C=C/C1CCC1. The fraction of sp³-hybridized carbons (Fsp3) is 0.333. The van der Waals surface area contributed by atoms with Gasteiger partial charge in [0.05, 0.1) is 0 Å². The third-order valence-corrected chi connectivity index (χ3v) is 2.18. The molecule has 1 aliphatic rings. The number of halogens is 1. The monoisotopic (exact) mass is 178 g/mol. The first-order valence-corrected chi connectivity index (χ1v) is 4.66. The first kappa shape index (κ1) is 9.97. The minimum atomic E-state index is -0.256. The molecule has 13 heavy (non-hydrogen) atoms. The molecule has 1 rings (SSSR count). The second-order valence-electron chi connectivity index (χ2n) is 3.22. The second kappa shape index (κ2) is 5.52. The van der Waals surface area contributed by atoms with E-state index < -0.39 is 0 Å². The molecule has 0 aromatic rings. The molecule has 0 nitrogen and oxygen atoms in total. The molecule has 1 aliphatic carbocycles. The Hall–Kier alpha value is -1.11. The van der Waals surface area contributed by atoms with E-state index in [1.807, 2.05) is 6.08 Å². The summed E-state index contributed by atoms with van der Waals surface area (Å²) in [7, 11) is 0. The van der Waals surface area contributed by atoms with Crippen molar-refractivity contribution in [2.75, 3.05) is 0 Å². The van der Waals surface area contributed by atoms with E-state index in [-0.39, 0.29) is 5.83 Å². The van der Waals surface area contributed by atoms with Crippen molar-refractivity contribution < 1.29 is 4.39 Å². The number of hydrogen-bond donors (Lipinski definition) is 0. The molecule has 0 radical (unpaired) electrons. The van der Waals surface area contributed by atoms with Crippen LogP contribution in [0.5, 0.6) is 0 Å². The van der Waals surface area contributed by atoms with E-state index in [9.17, 15) is 4.39 Å². The molecular formula is C12H15F. The molecule has 1 fully saturated rings. The summed E-state index contributed by atoms with van der Waals surface area (Å²) < 4.78 is 12.7. The highest BCUT2D eigenvalue weighted by Gasteiger charge is 2.12. The van der Waals surface area contributed by atoms with Crippen LogP contribution in [0.25, 0.3) is 0 Å². The van der Waals surface area contributed by atoms with Gasteiger partial charge in [0.1, 0.15) is 5.83 Å². The summed E-state index contributed by atoms with van der Waals surface area (Å²) >= 11 is 0. The Morgan fingerprint density at radius 1 is 1.31 bits per heavy atom. The van der Waals surface area contributed by atoms with Crippen molar-refractivity contribution in [2.24, 2.45) is 5.92 Å². The summed E-state index contributed by atoms with van der Waals surface area (Å²) in [5.41, 5.74) is 0. The van der Waals surface area contributed by atoms with Crippen LogP contribution in [0.2, 0.25) is 0 Å². The number of allylic oxidation sites excluding steroid dienone is 7. The third-order valence-electron chi connectivity index (χ3n) is 2.18. The van der Waals surface area contributed by atoms with E-state index in [0.717, 1.165) is 5.92 Å².